The molecule has 0 radical (unpaired) electrons. The van der Waals surface area contributed by atoms with Crippen LogP contribution in [0.4, 0.5) is 0 Å². The molecule has 132 valence electrons. The molecule has 3 heteroatoms. The zero-order valence-electron chi connectivity index (χ0n) is 15.5. The Hall–Kier alpha value is -2.83. The molecule has 2 heterocycles. The monoisotopic (exact) mass is 368 g/mol. The molecule has 4 rings (SSSR count). The van der Waals surface area contributed by atoms with E-state index < -0.39 is 7.92 Å². The molecule has 0 unspecified atom stereocenters. The topological polar surface area (TPSA) is 25.8 Å². The SMILES string of the molecule is Cc1ccccc1P(c1ccccc1C)c1ncccc1-c1cccnc1. The predicted molar refractivity (Wildman–Crippen MR) is 116 cm³/mol. The van der Waals surface area contributed by atoms with E-state index in [4.69, 9.17) is 4.98 Å². The first-order valence-corrected chi connectivity index (χ1v) is 10.4. The summed E-state index contributed by atoms with van der Waals surface area (Å²) in [7, 11) is -0.771. The van der Waals surface area contributed by atoms with Gasteiger partial charge in [0.25, 0.3) is 0 Å². The van der Waals surface area contributed by atoms with E-state index in [-0.39, 0.29) is 0 Å². The summed E-state index contributed by atoms with van der Waals surface area (Å²) < 4.78 is 0. The quantitative estimate of drug-likeness (QED) is 0.495. The van der Waals surface area contributed by atoms with E-state index in [1.807, 2.05) is 30.7 Å². The molecule has 2 aromatic heterocycles. The van der Waals surface area contributed by atoms with Crippen LogP contribution in [0.1, 0.15) is 11.1 Å². The van der Waals surface area contributed by atoms with Crippen molar-refractivity contribution in [3.63, 3.8) is 0 Å². The van der Waals surface area contributed by atoms with Crippen LogP contribution in [0.2, 0.25) is 0 Å². The average molecular weight is 368 g/mol. The van der Waals surface area contributed by atoms with Gasteiger partial charge in [0.05, 0.1) is 5.44 Å². The lowest BCUT2D eigenvalue weighted by Gasteiger charge is -2.24. The molecule has 2 nitrogen and oxygen atoms in total. The second kappa shape index (κ2) is 7.82. The first-order valence-electron chi connectivity index (χ1n) is 9.02. The summed E-state index contributed by atoms with van der Waals surface area (Å²) in [6.45, 7) is 4.38. The Labute approximate surface area is 161 Å². The van der Waals surface area contributed by atoms with Gasteiger partial charge in [-0.05, 0) is 47.7 Å². The van der Waals surface area contributed by atoms with Crippen molar-refractivity contribution in [3.8, 4) is 11.1 Å². The third kappa shape index (κ3) is 3.54. The van der Waals surface area contributed by atoms with Gasteiger partial charge in [-0.2, -0.15) is 0 Å². The number of rotatable bonds is 4. The van der Waals surface area contributed by atoms with Crippen LogP contribution >= 0.6 is 7.92 Å². The molecule has 0 spiro atoms. The maximum atomic E-state index is 4.89. The second-order valence-electron chi connectivity index (χ2n) is 6.52. The average Bonchev–Trinajstić information content (AvgIpc) is 2.72. The number of pyridine rings is 2. The van der Waals surface area contributed by atoms with Crippen LogP contribution in [0.25, 0.3) is 11.1 Å². The van der Waals surface area contributed by atoms with Gasteiger partial charge in [0, 0.05) is 37.6 Å². The minimum absolute atomic E-state index is 0.771. The van der Waals surface area contributed by atoms with Crippen LogP contribution in [0.3, 0.4) is 0 Å². The Morgan fingerprint density at radius 1 is 0.667 bits per heavy atom. The summed E-state index contributed by atoms with van der Waals surface area (Å²) in [6.07, 6.45) is 5.63. The van der Waals surface area contributed by atoms with Crippen molar-refractivity contribution < 1.29 is 0 Å². The van der Waals surface area contributed by atoms with Gasteiger partial charge in [0.1, 0.15) is 0 Å². The molecule has 0 N–H and O–H groups in total. The third-order valence-electron chi connectivity index (χ3n) is 4.68. The summed E-state index contributed by atoms with van der Waals surface area (Å²) in [4.78, 5) is 9.21. The van der Waals surface area contributed by atoms with Crippen molar-refractivity contribution >= 4 is 24.0 Å². The molecule has 0 fully saturated rings. The van der Waals surface area contributed by atoms with Gasteiger partial charge in [-0.25, -0.2) is 0 Å². The summed E-state index contributed by atoms with van der Waals surface area (Å²) in [6, 6.07) is 25.6. The van der Waals surface area contributed by atoms with Crippen LogP contribution in [0, 0.1) is 13.8 Å². The number of nitrogens with zero attached hydrogens (tertiary/aromatic N) is 2. The van der Waals surface area contributed by atoms with Crippen molar-refractivity contribution in [2.45, 2.75) is 13.8 Å². The Kier molecular flexibility index (Phi) is 5.09. The fraction of sp³-hybridized carbons (Fsp3) is 0.0833. The van der Waals surface area contributed by atoms with Crippen LogP contribution in [0.15, 0.2) is 91.4 Å². The van der Waals surface area contributed by atoms with E-state index in [1.54, 1.807) is 0 Å². The van der Waals surface area contributed by atoms with Crippen molar-refractivity contribution in [1.82, 2.24) is 9.97 Å². The molecule has 4 aromatic rings. The Bertz CT molecular complexity index is 1010. The Morgan fingerprint density at radius 2 is 1.30 bits per heavy atom. The predicted octanol–water partition coefficient (Wildman–Crippen LogP) is 4.52. The fourth-order valence-corrected chi connectivity index (χ4v) is 5.98. The largest absolute Gasteiger partial charge is 0.264 e. The smallest absolute Gasteiger partial charge is 0.0799 e. The highest BCUT2D eigenvalue weighted by molar-refractivity contribution is 7.80. The van der Waals surface area contributed by atoms with Crippen LogP contribution in [0.5, 0.6) is 0 Å². The van der Waals surface area contributed by atoms with Gasteiger partial charge in [-0.3, -0.25) is 9.97 Å². The summed E-state index contributed by atoms with van der Waals surface area (Å²) in [5, 5.41) is 2.70. The van der Waals surface area contributed by atoms with Gasteiger partial charge < -0.3 is 0 Å². The Balaban J connectivity index is 1.99. The summed E-state index contributed by atoms with van der Waals surface area (Å²) in [5.41, 5.74) is 5.99. The molecule has 0 atom stereocenters. The van der Waals surface area contributed by atoms with E-state index in [0.717, 1.165) is 16.6 Å². The van der Waals surface area contributed by atoms with Crippen LogP contribution in [-0.2, 0) is 0 Å². The molecule has 0 amide bonds. The lowest BCUT2D eigenvalue weighted by molar-refractivity contribution is 1.32. The van der Waals surface area contributed by atoms with Gasteiger partial charge in [-0.15, -0.1) is 0 Å². The highest BCUT2D eigenvalue weighted by Crippen LogP contribution is 2.37. The summed E-state index contributed by atoms with van der Waals surface area (Å²) in [5.74, 6) is 0. The molecule has 0 saturated carbocycles. The van der Waals surface area contributed by atoms with Gasteiger partial charge >= 0.3 is 0 Å². The van der Waals surface area contributed by atoms with Crippen molar-refractivity contribution in [2.24, 2.45) is 0 Å². The first-order chi connectivity index (χ1) is 13.3. The molecule has 0 aliphatic heterocycles. The maximum Gasteiger partial charge on any atom is 0.0799 e. The van der Waals surface area contributed by atoms with E-state index in [1.165, 1.54) is 21.7 Å². The zero-order valence-corrected chi connectivity index (χ0v) is 16.4. The molecule has 2 aromatic carbocycles. The molecule has 0 saturated heterocycles. The van der Waals surface area contributed by atoms with Crippen molar-refractivity contribution in [2.75, 3.05) is 0 Å². The number of aromatic nitrogens is 2. The minimum atomic E-state index is -0.771. The van der Waals surface area contributed by atoms with E-state index >= 15 is 0 Å². The number of aryl methyl sites for hydroxylation is 2. The second-order valence-corrected chi connectivity index (χ2v) is 8.58. The van der Waals surface area contributed by atoms with Gasteiger partial charge in [-0.1, -0.05) is 60.7 Å². The maximum absolute atomic E-state index is 4.89. The molecule has 0 aliphatic carbocycles. The molecule has 27 heavy (non-hydrogen) atoms. The zero-order chi connectivity index (χ0) is 18.6. The van der Waals surface area contributed by atoms with Crippen LogP contribution in [-0.4, -0.2) is 9.97 Å². The van der Waals surface area contributed by atoms with Crippen molar-refractivity contribution in [1.29, 1.82) is 0 Å². The minimum Gasteiger partial charge on any atom is -0.264 e. The lowest BCUT2D eigenvalue weighted by Crippen LogP contribution is -2.27. The summed E-state index contributed by atoms with van der Waals surface area (Å²) >= 11 is 0. The third-order valence-corrected chi connectivity index (χ3v) is 7.43. The highest BCUT2D eigenvalue weighted by atomic mass is 31.1. The first kappa shape index (κ1) is 17.6. The molecule has 0 bridgehead atoms. The normalized spacial score (nSPS) is 10.9. The Morgan fingerprint density at radius 3 is 1.89 bits per heavy atom. The van der Waals surface area contributed by atoms with Crippen LogP contribution < -0.4 is 16.0 Å². The number of hydrogen-bond acceptors (Lipinski definition) is 2. The molecular formula is C24H21N2P. The standard InChI is InChI=1S/C24H21N2P/c1-18-9-3-5-13-22(18)27(23-14-6-4-10-19(23)2)24-21(12-8-16-26-24)20-11-7-15-25-17-20/h3-17H,1-2H3. The van der Waals surface area contributed by atoms with Gasteiger partial charge in [0.2, 0.25) is 0 Å². The molecule has 0 aliphatic rings. The lowest BCUT2D eigenvalue weighted by atomic mass is 10.1. The fourth-order valence-electron chi connectivity index (χ4n) is 3.31. The van der Waals surface area contributed by atoms with E-state index in [0.29, 0.717) is 0 Å². The van der Waals surface area contributed by atoms with E-state index in [2.05, 4.69) is 79.5 Å². The number of benzene rings is 2. The van der Waals surface area contributed by atoms with Crippen molar-refractivity contribution in [3.05, 3.63) is 103 Å². The molecular weight excluding hydrogens is 347 g/mol. The highest BCUT2D eigenvalue weighted by Gasteiger charge is 2.24. The van der Waals surface area contributed by atoms with E-state index in [9.17, 15) is 0 Å². The number of hydrogen-bond donors (Lipinski definition) is 0. The van der Waals surface area contributed by atoms with Gasteiger partial charge in [0.15, 0.2) is 0 Å².